The number of aliphatic imine (C=N–C) groups is 1. The molecule has 142 valence electrons. The first-order valence-electron chi connectivity index (χ1n) is 10.0. The third kappa shape index (κ3) is 3.01. The van der Waals surface area contributed by atoms with E-state index >= 15 is 0 Å². The Morgan fingerprint density at radius 1 is 1.11 bits per heavy atom. The van der Waals surface area contributed by atoms with Gasteiger partial charge in [0.25, 0.3) is 11.8 Å². The molecule has 2 amide bonds. The first-order chi connectivity index (χ1) is 13.0. The van der Waals surface area contributed by atoms with Crippen LogP contribution in [0.1, 0.15) is 44.1 Å². The quantitative estimate of drug-likeness (QED) is 0.862. The highest BCUT2D eigenvalue weighted by Crippen LogP contribution is 2.55. The molecule has 4 bridgehead atoms. The van der Waals surface area contributed by atoms with E-state index in [1.165, 1.54) is 24.3 Å². The van der Waals surface area contributed by atoms with E-state index in [1.54, 1.807) is 0 Å². The molecule has 27 heavy (non-hydrogen) atoms. The highest BCUT2D eigenvalue weighted by molar-refractivity contribution is 6.39. The zero-order valence-electron chi connectivity index (χ0n) is 15.7. The minimum Gasteiger partial charge on any atom is -0.344 e. The fourth-order valence-corrected chi connectivity index (χ4v) is 6.01. The van der Waals surface area contributed by atoms with E-state index in [0.717, 1.165) is 48.3 Å². The number of amidine groups is 1. The lowest BCUT2D eigenvalue weighted by Gasteiger charge is -2.56. The average Bonchev–Trinajstić information content (AvgIpc) is 2.61. The van der Waals surface area contributed by atoms with Gasteiger partial charge in [0.05, 0.1) is 5.69 Å². The Labute approximate surface area is 159 Å². The normalized spacial score (nSPS) is 34.3. The molecule has 4 fully saturated rings. The molecule has 0 unspecified atom stereocenters. The third-order valence-electron chi connectivity index (χ3n) is 6.76. The Hall–Kier alpha value is -2.37. The summed E-state index contributed by atoms with van der Waals surface area (Å²) < 4.78 is 0. The first-order valence-corrected chi connectivity index (χ1v) is 10.0. The molecule has 6 heteroatoms. The van der Waals surface area contributed by atoms with E-state index in [-0.39, 0.29) is 29.7 Å². The van der Waals surface area contributed by atoms with Crippen LogP contribution >= 0.6 is 0 Å². The molecule has 6 rings (SSSR count). The lowest BCUT2D eigenvalue weighted by Crippen LogP contribution is -2.63. The highest BCUT2D eigenvalue weighted by Gasteiger charge is 2.51. The number of carbonyl (C=O) groups excluding carboxylic acids is 2. The van der Waals surface area contributed by atoms with E-state index < -0.39 is 0 Å². The standard InChI is InChI=1S/C21H26N4O2/c1-13-2-4-17(5-3-13)25-18(26)12-22-19(24-25)20(27)23-21-9-14-6-15(10-21)8-16(7-14)11-21/h2-5,14-16H,6-12H2,1H3,(H,22,24)(H,23,27). The van der Waals surface area contributed by atoms with Gasteiger partial charge < -0.3 is 5.32 Å². The Kier molecular flexibility index (Phi) is 3.78. The van der Waals surface area contributed by atoms with E-state index in [2.05, 4.69) is 15.7 Å². The number of amides is 2. The number of hydrogen-bond acceptors (Lipinski definition) is 4. The zero-order valence-corrected chi connectivity index (χ0v) is 15.7. The van der Waals surface area contributed by atoms with Crippen LogP contribution in [-0.4, -0.2) is 29.7 Å². The van der Waals surface area contributed by atoms with Gasteiger partial charge in [0.15, 0.2) is 0 Å². The van der Waals surface area contributed by atoms with Crippen molar-refractivity contribution in [3.63, 3.8) is 0 Å². The molecule has 0 atom stereocenters. The van der Waals surface area contributed by atoms with E-state index in [4.69, 9.17) is 0 Å². The van der Waals surface area contributed by atoms with Crippen LogP contribution in [0.5, 0.6) is 0 Å². The smallest absolute Gasteiger partial charge is 0.288 e. The van der Waals surface area contributed by atoms with Crippen LogP contribution in [0.2, 0.25) is 0 Å². The molecule has 4 aliphatic carbocycles. The number of nitrogens with zero attached hydrogens (tertiary/aromatic N) is 2. The monoisotopic (exact) mass is 366 g/mol. The molecule has 0 spiro atoms. The molecule has 0 saturated heterocycles. The molecule has 4 saturated carbocycles. The summed E-state index contributed by atoms with van der Waals surface area (Å²) in [5.41, 5.74) is 4.72. The van der Waals surface area contributed by atoms with Gasteiger partial charge in [-0.2, -0.15) is 0 Å². The average molecular weight is 366 g/mol. The molecule has 5 aliphatic rings. The van der Waals surface area contributed by atoms with Gasteiger partial charge in [0.2, 0.25) is 5.84 Å². The SMILES string of the molecule is Cc1ccc(N2NC(C(=O)NC34CC5CC(CC(C5)C3)C4)=NCC2=O)cc1. The highest BCUT2D eigenvalue weighted by atomic mass is 16.2. The van der Waals surface area contributed by atoms with Crippen LogP contribution in [0.25, 0.3) is 0 Å². The van der Waals surface area contributed by atoms with E-state index in [1.807, 2.05) is 31.2 Å². The largest absolute Gasteiger partial charge is 0.344 e. The Morgan fingerprint density at radius 3 is 2.30 bits per heavy atom. The van der Waals surface area contributed by atoms with Crippen molar-refractivity contribution < 1.29 is 9.59 Å². The molecule has 1 aromatic rings. The van der Waals surface area contributed by atoms with Crippen molar-refractivity contribution in [2.45, 2.75) is 51.0 Å². The van der Waals surface area contributed by atoms with Crippen LogP contribution in [0, 0.1) is 24.7 Å². The molecule has 0 radical (unpaired) electrons. The number of hydrogen-bond donors (Lipinski definition) is 2. The van der Waals surface area contributed by atoms with Crippen molar-refractivity contribution >= 4 is 23.3 Å². The summed E-state index contributed by atoms with van der Waals surface area (Å²) in [5, 5.41) is 4.75. The van der Waals surface area contributed by atoms with Gasteiger partial charge in [-0.05, 0) is 75.3 Å². The fraction of sp³-hybridized carbons (Fsp3) is 0.571. The summed E-state index contributed by atoms with van der Waals surface area (Å²) >= 11 is 0. The van der Waals surface area contributed by atoms with Crippen molar-refractivity contribution in [2.24, 2.45) is 22.7 Å². The molecule has 2 N–H and O–H groups in total. The number of benzene rings is 1. The predicted octanol–water partition coefficient (Wildman–Crippen LogP) is 2.33. The second-order valence-corrected chi connectivity index (χ2v) is 8.99. The molecule has 1 aromatic carbocycles. The maximum absolute atomic E-state index is 13.0. The fourth-order valence-electron chi connectivity index (χ4n) is 6.01. The van der Waals surface area contributed by atoms with E-state index in [0.29, 0.717) is 0 Å². The van der Waals surface area contributed by atoms with Crippen LogP contribution in [0.3, 0.4) is 0 Å². The summed E-state index contributed by atoms with van der Waals surface area (Å²) in [5.74, 6) is 2.20. The first kappa shape index (κ1) is 16.8. The van der Waals surface area contributed by atoms with Crippen molar-refractivity contribution in [1.82, 2.24) is 10.7 Å². The predicted molar refractivity (Wildman–Crippen MR) is 103 cm³/mol. The van der Waals surface area contributed by atoms with Gasteiger partial charge in [-0.15, -0.1) is 0 Å². The second kappa shape index (κ2) is 6.08. The molecule has 0 aromatic heterocycles. The molecular formula is C21H26N4O2. The number of rotatable bonds is 3. The summed E-state index contributed by atoms with van der Waals surface area (Å²) in [6.45, 7) is 1.99. The number of aryl methyl sites for hydroxylation is 1. The summed E-state index contributed by atoms with van der Waals surface area (Å²) in [4.78, 5) is 29.5. The Balaban J connectivity index is 1.32. The number of hydrazine groups is 1. The molecular weight excluding hydrogens is 340 g/mol. The summed E-state index contributed by atoms with van der Waals surface area (Å²) in [6, 6.07) is 7.65. The third-order valence-corrected chi connectivity index (χ3v) is 6.76. The molecule has 1 heterocycles. The maximum Gasteiger partial charge on any atom is 0.288 e. The lowest BCUT2D eigenvalue weighted by molar-refractivity contribution is -0.120. The Morgan fingerprint density at radius 2 is 1.70 bits per heavy atom. The topological polar surface area (TPSA) is 73.8 Å². The van der Waals surface area contributed by atoms with E-state index in [9.17, 15) is 9.59 Å². The van der Waals surface area contributed by atoms with Crippen molar-refractivity contribution in [2.75, 3.05) is 11.6 Å². The zero-order chi connectivity index (χ0) is 18.6. The van der Waals surface area contributed by atoms with Crippen LogP contribution in [-0.2, 0) is 9.59 Å². The van der Waals surface area contributed by atoms with Gasteiger partial charge in [-0.1, -0.05) is 17.7 Å². The van der Waals surface area contributed by atoms with Gasteiger partial charge in [0, 0.05) is 5.54 Å². The minimum absolute atomic E-state index is 0.00942. The summed E-state index contributed by atoms with van der Waals surface area (Å²) in [6.07, 6.45) is 7.30. The van der Waals surface area contributed by atoms with Crippen LogP contribution in [0.4, 0.5) is 5.69 Å². The van der Waals surface area contributed by atoms with Crippen molar-refractivity contribution in [3.05, 3.63) is 29.8 Å². The van der Waals surface area contributed by atoms with Gasteiger partial charge in [0.1, 0.15) is 6.54 Å². The number of anilines is 1. The Bertz CT molecular complexity index is 779. The van der Waals surface area contributed by atoms with Crippen LogP contribution < -0.4 is 15.8 Å². The minimum atomic E-state index is -0.179. The van der Waals surface area contributed by atoms with Crippen molar-refractivity contribution in [1.29, 1.82) is 0 Å². The van der Waals surface area contributed by atoms with Gasteiger partial charge in [-0.3, -0.25) is 20.0 Å². The maximum atomic E-state index is 13.0. The summed E-state index contributed by atoms with van der Waals surface area (Å²) in [7, 11) is 0. The van der Waals surface area contributed by atoms with Crippen molar-refractivity contribution in [3.8, 4) is 0 Å². The molecule has 1 aliphatic heterocycles. The lowest BCUT2D eigenvalue weighted by atomic mass is 9.53. The van der Waals surface area contributed by atoms with Gasteiger partial charge >= 0.3 is 0 Å². The van der Waals surface area contributed by atoms with Crippen LogP contribution in [0.15, 0.2) is 29.3 Å². The number of nitrogens with one attached hydrogen (secondary N) is 2. The molecule has 6 nitrogen and oxygen atoms in total. The second-order valence-electron chi connectivity index (χ2n) is 8.99. The van der Waals surface area contributed by atoms with Gasteiger partial charge in [-0.25, -0.2) is 5.01 Å². The number of carbonyl (C=O) groups is 2.